The monoisotopic (exact) mass is 374 g/mol. The number of carbonyl (C=O) groups is 2. The molecular weight excluding hydrogens is 348 g/mol. The van der Waals surface area contributed by atoms with Gasteiger partial charge in [-0.15, -0.1) is 0 Å². The quantitative estimate of drug-likeness (QED) is 0.544. The van der Waals surface area contributed by atoms with E-state index in [0.29, 0.717) is 18.8 Å². The zero-order valence-electron chi connectivity index (χ0n) is 15.2. The number of aromatic nitrogens is 1. The number of aromatic amines is 1. The number of β-amino-alcohol motifs (C(OH)–C–C–N with tert-alkyl or cyclic N) is 1. The van der Waals surface area contributed by atoms with Crippen molar-refractivity contribution >= 4 is 28.5 Å². The van der Waals surface area contributed by atoms with Crippen molar-refractivity contribution in [3.8, 4) is 0 Å². The number of aliphatic hydroxyl groups excluding tert-OH is 1. The standard InChI is InChI=1S/C19H26N4O4/c24-10-9-22-5-7-23(8-6-22)13-15(19(26)27)11-18(25)21-16-2-1-14-3-4-20-17(14)12-16/h1-4,12,15,20,24H,5-11,13H2,(H,21,25)(H,26,27)/t15-/m1/s1. The number of carboxylic acid groups (broad SMARTS) is 1. The number of hydrogen-bond acceptors (Lipinski definition) is 5. The summed E-state index contributed by atoms with van der Waals surface area (Å²) < 4.78 is 0. The first-order chi connectivity index (χ1) is 13.0. The highest BCUT2D eigenvalue weighted by molar-refractivity contribution is 5.95. The number of amides is 1. The first kappa shape index (κ1) is 19.3. The number of carbonyl (C=O) groups excluding carboxylic acids is 1. The highest BCUT2D eigenvalue weighted by Crippen LogP contribution is 2.18. The first-order valence-corrected chi connectivity index (χ1v) is 9.20. The molecule has 0 radical (unpaired) electrons. The van der Waals surface area contributed by atoms with Crippen molar-refractivity contribution in [2.75, 3.05) is 51.2 Å². The van der Waals surface area contributed by atoms with Crippen molar-refractivity contribution in [2.45, 2.75) is 6.42 Å². The third-order valence-electron chi connectivity index (χ3n) is 4.98. The molecule has 1 aliphatic heterocycles. The van der Waals surface area contributed by atoms with Gasteiger partial charge >= 0.3 is 5.97 Å². The highest BCUT2D eigenvalue weighted by atomic mass is 16.4. The molecule has 0 unspecified atom stereocenters. The van der Waals surface area contributed by atoms with E-state index in [1.165, 1.54) is 0 Å². The minimum atomic E-state index is -0.956. The Morgan fingerprint density at radius 3 is 2.59 bits per heavy atom. The molecule has 8 nitrogen and oxygen atoms in total. The Labute approximate surface area is 157 Å². The SMILES string of the molecule is O=C(C[C@H](CN1CCN(CCO)CC1)C(=O)O)Nc1ccc2cc[nH]c2c1. The fourth-order valence-electron chi connectivity index (χ4n) is 3.44. The van der Waals surface area contributed by atoms with Crippen molar-refractivity contribution in [1.82, 2.24) is 14.8 Å². The smallest absolute Gasteiger partial charge is 0.308 e. The van der Waals surface area contributed by atoms with Crippen LogP contribution in [-0.2, 0) is 9.59 Å². The van der Waals surface area contributed by atoms with Crippen LogP contribution in [0, 0.1) is 5.92 Å². The molecule has 1 saturated heterocycles. The number of nitrogens with zero attached hydrogens (tertiary/aromatic N) is 2. The summed E-state index contributed by atoms with van der Waals surface area (Å²) in [5.41, 5.74) is 1.57. The second kappa shape index (κ2) is 8.98. The second-order valence-electron chi connectivity index (χ2n) is 6.93. The van der Waals surface area contributed by atoms with Crippen molar-refractivity contribution < 1.29 is 19.8 Å². The normalized spacial score (nSPS) is 17.1. The van der Waals surface area contributed by atoms with E-state index in [9.17, 15) is 14.7 Å². The Hall–Kier alpha value is -2.42. The largest absolute Gasteiger partial charge is 0.481 e. The zero-order chi connectivity index (χ0) is 19.2. The van der Waals surface area contributed by atoms with Gasteiger partial charge in [0.25, 0.3) is 0 Å². The number of carboxylic acids is 1. The van der Waals surface area contributed by atoms with Gasteiger partial charge in [-0.3, -0.25) is 19.4 Å². The fraction of sp³-hybridized carbons (Fsp3) is 0.474. The van der Waals surface area contributed by atoms with Crippen LogP contribution in [-0.4, -0.2) is 82.7 Å². The summed E-state index contributed by atoms with van der Waals surface area (Å²) in [6.45, 7) is 4.22. The molecule has 1 aliphatic rings. The molecule has 146 valence electrons. The minimum absolute atomic E-state index is 0.0606. The van der Waals surface area contributed by atoms with Crippen molar-refractivity contribution in [1.29, 1.82) is 0 Å². The summed E-state index contributed by atoms with van der Waals surface area (Å²) in [5, 5.41) is 22.3. The lowest BCUT2D eigenvalue weighted by Gasteiger charge is -2.35. The molecule has 4 N–H and O–H groups in total. The van der Waals surface area contributed by atoms with Crippen LogP contribution in [0.5, 0.6) is 0 Å². The molecule has 2 aromatic rings. The topological polar surface area (TPSA) is 109 Å². The van der Waals surface area contributed by atoms with Gasteiger partial charge in [0.2, 0.25) is 5.91 Å². The molecule has 3 rings (SSSR count). The molecule has 1 amide bonds. The van der Waals surface area contributed by atoms with Gasteiger partial charge in [-0.1, -0.05) is 6.07 Å². The molecule has 1 aromatic carbocycles. The average molecular weight is 374 g/mol. The summed E-state index contributed by atoms with van der Waals surface area (Å²) in [7, 11) is 0. The van der Waals surface area contributed by atoms with Crippen molar-refractivity contribution in [2.24, 2.45) is 5.92 Å². The van der Waals surface area contributed by atoms with E-state index >= 15 is 0 Å². The lowest BCUT2D eigenvalue weighted by atomic mass is 10.0. The molecule has 0 spiro atoms. The van der Waals surface area contributed by atoms with Gasteiger partial charge in [0.15, 0.2) is 0 Å². The number of benzene rings is 1. The number of piperazine rings is 1. The van der Waals surface area contributed by atoms with Crippen LogP contribution in [0.4, 0.5) is 5.69 Å². The third kappa shape index (κ3) is 5.29. The van der Waals surface area contributed by atoms with Crippen LogP contribution in [0.2, 0.25) is 0 Å². The molecule has 0 saturated carbocycles. The van der Waals surface area contributed by atoms with Crippen LogP contribution in [0.15, 0.2) is 30.5 Å². The Morgan fingerprint density at radius 1 is 1.15 bits per heavy atom. The summed E-state index contributed by atoms with van der Waals surface area (Å²) in [6, 6.07) is 7.50. The number of rotatable bonds is 8. The summed E-state index contributed by atoms with van der Waals surface area (Å²) in [4.78, 5) is 31.3. The van der Waals surface area contributed by atoms with Gasteiger partial charge in [0, 0.05) is 63.1 Å². The number of anilines is 1. The van der Waals surface area contributed by atoms with Crippen molar-refractivity contribution in [3.05, 3.63) is 30.5 Å². The van der Waals surface area contributed by atoms with Crippen molar-refractivity contribution in [3.63, 3.8) is 0 Å². The summed E-state index contributed by atoms with van der Waals surface area (Å²) in [5.74, 6) is -2.00. The molecule has 1 aromatic heterocycles. The molecule has 8 heteroatoms. The molecule has 0 bridgehead atoms. The molecule has 1 atom stereocenters. The van der Waals surface area contributed by atoms with Gasteiger partial charge in [-0.05, 0) is 23.6 Å². The lowest BCUT2D eigenvalue weighted by molar-refractivity contribution is -0.144. The lowest BCUT2D eigenvalue weighted by Crippen LogP contribution is -2.49. The molecular formula is C19H26N4O4. The average Bonchev–Trinajstić information content (AvgIpc) is 3.10. The van der Waals surface area contributed by atoms with Gasteiger partial charge < -0.3 is 20.5 Å². The van der Waals surface area contributed by atoms with Crippen LogP contribution >= 0.6 is 0 Å². The molecule has 0 aliphatic carbocycles. The van der Waals surface area contributed by atoms with Gasteiger partial charge in [0.1, 0.15) is 0 Å². The number of hydrogen-bond donors (Lipinski definition) is 4. The predicted molar refractivity (Wildman–Crippen MR) is 103 cm³/mol. The van der Waals surface area contributed by atoms with E-state index in [-0.39, 0.29) is 18.9 Å². The Morgan fingerprint density at radius 2 is 1.89 bits per heavy atom. The fourth-order valence-corrected chi connectivity index (χ4v) is 3.44. The Balaban J connectivity index is 1.52. The van der Waals surface area contributed by atoms with E-state index < -0.39 is 11.9 Å². The van der Waals surface area contributed by atoms with Crippen LogP contribution in [0.1, 0.15) is 6.42 Å². The number of fused-ring (bicyclic) bond motifs is 1. The molecule has 2 heterocycles. The van der Waals surface area contributed by atoms with E-state index in [4.69, 9.17) is 5.11 Å². The van der Waals surface area contributed by atoms with Gasteiger partial charge in [-0.2, -0.15) is 0 Å². The highest BCUT2D eigenvalue weighted by Gasteiger charge is 2.26. The van der Waals surface area contributed by atoms with Gasteiger partial charge in [0.05, 0.1) is 12.5 Å². The van der Waals surface area contributed by atoms with Gasteiger partial charge in [-0.25, -0.2) is 0 Å². The maximum absolute atomic E-state index is 12.3. The maximum Gasteiger partial charge on any atom is 0.308 e. The van der Waals surface area contributed by atoms with E-state index in [2.05, 4.69) is 20.1 Å². The Bertz CT molecular complexity index is 783. The minimum Gasteiger partial charge on any atom is -0.481 e. The maximum atomic E-state index is 12.3. The van der Waals surface area contributed by atoms with E-state index in [1.54, 1.807) is 0 Å². The van der Waals surface area contributed by atoms with E-state index in [0.717, 1.165) is 37.1 Å². The molecule has 1 fully saturated rings. The predicted octanol–water partition coefficient (Wildman–Crippen LogP) is 0.807. The number of aliphatic carboxylic acids is 1. The number of H-pyrrole nitrogens is 1. The number of nitrogens with one attached hydrogen (secondary N) is 2. The number of aliphatic hydroxyl groups is 1. The summed E-state index contributed by atoms with van der Waals surface area (Å²) >= 11 is 0. The van der Waals surface area contributed by atoms with E-state index in [1.807, 2.05) is 30.5 Å². The van der Waals surface area contributed by atoms with Crippen LogP contribution in [0.25, 0.3) is 10.9 Å². The van der Waals surface area contributed by atoms with Crippen LogP contribution in [0.3, 0.4) is 0 Å². The Kier molecular flexibility index (Phi) is 6.44. The molecule has 27 heavy (non-hydrogen) atoms. The van der Waals surface area contributed by atoms with Crippen LogP contribution < -0.4 is 5.32 Å². The first-order valence-electron chi connectivity index (χ1n) is 9.20. The zero-order valence-corrected chi connectivity index (χ0v) is 15.2. The third-order valence-corrected chi connectivity index (χ3v) is 4.98. The summed E-state index contributed by atoms with van der Waals surface area (Å²) in [6.07, 6.45) is 1.77. The second-order valence-corrected chi connectivity index (χ2v) is 6.93.